The van der Waals surface area contributed by atoms with Gasteiger partial charge in [-0.3, -0.25) is 9.69 Å². The number of methoxy groups -OCH3 is 1. The van der Waals surface area contributed by atoms with Crippen molar-refractivity contribution >= 4 is 23.6 Å². The molecule has 1 amide bonds. The molecule has 2 aromatic rings. The van der Waals surface area contributed by atoms with Gasteiger partial charge in [-0.2, -0.15) is 0 Å². The number of aromatic carboxylic acids is 1. The Hall–Kier alpha value is -3.38. The van der Waals surface area contributed by atoms with Crippen molar-refractivity contribution in [2.45, 2.75) is 12.5 Å². The van der Waals surface area contributed by atoms with E-state index >= 15 is 0 Å². The molecule has 6 heteroatoms. The molecule has 2 aromatic carbocycles. The second kappa shape index (κ2) is 9.21. The van der Waals surface area contributed by atoms with Crippen molar-refractivity contribution < 1.29 is 19.4 Å². The number of benzene rings is 2. The van der Waals surface area contributed by atoms with Crippen LogP contribution in [0.15, 0.2) is 60.7 Å². The molecule has 0 fully saturated rings. The summed E-state index contributed by atoms with van der Waals surface area (Å²) in [6, 6.07) is 12.3. The summed E-state index contributed by atoms with van der Waals surface area (Å²) >= 11 is 0. The van der Waals surface area contributed by atoms with Crippen LogP contribution in [0.3, 0.4) is 0 Å². The first-order valence-corrected chi connectivity index (χ1v) is 9.34. The Labute approximate surface area is 170 Å². The van der Waals surface area contributed by atoms with Crippen LogP contribution in [0.5, 0.6) is 5.75 Å². The van der Waals surface area contributed by atoms with Crippen LogP contribution in [0.1, 0.15) is 33.9 Å². The van der Waals surface area contributed by atoms with Crippen LogP contribution in [0.25, 0.3) is 6.08 Å². The lowest BCUT2D eigenvalue weighted by Crippen LogP contribution is -2.27. The SMILES string of the molecule is COc1ccc(/C=C/C(=O)Nc2ccccc2C(=O)O)c(C2CC=CCN2C)c1. The van der Waals surface area contributed by atoms with Crippen molar-refractivity contribution in [3.05, 3.63) is 77.4 Å². The molecule has 29 heavy (non-hydrogen) atoms. The van der Waals surface area contributed by atoms with Gasteiger partial charge in [-0.05, 0) is 54.9 Å². The summed E-state index contributed by atoms with van der Waals surface area (Å²) < 4.78 is 5.38. The molecule has 0 saturated carbocycles. The number of carboxylic acids is 1. The Kier molecular flexibility index (Phi) is 6.46. The predicted molar refractivity (Wildman–Crippen MR) is 113 cm³/mol. The predicted octanol–water partition coefficient (Wildman–Crippen LogP) is 3.98. The Morgan fingerprint density at radius 3 is 2.72 bits per heavy atom. The molecule has 1 heterocycles. The minimum atomic E-state index is -1.09. The van der Waals surface area contributed by atoms with Gasteiger partial charge in [0.2, 0.25) is 5.91 Å². The first kappa shape index (κ1) is 20.4. The molecular weight excluding hydrogens is 368 g/mol. The largest absolute Gasteiger partial charge is 0.497 e. The molecule has 0 aromatic heterocycles. The number of amides is 1. The molecule has 150 valence electrons. The van der Waals surface area contributed by atoms with Gasteiger partial charge in [0.15, 0.2) is 0 Å². The monoisotopic (exact) mass is 392 g/mol. The van der Waals surface area contributed by atoms with Gasteiger partial charge in [-0.15, -0.1) is 0 Å². The fourth-order valence-electron chi connectivity index (χ4n) is 3.38. The molecule has 0 spiro atoms. The van der Waals surface area contributed by atoms with Crippen LogP contribution in [0.2, 0.25) is 0 Å². The highest BCUT2D eigenvalue weighted by molar-refractivity contribution is 6.06. The minimum Gasteiger partial charge on any atom is -0.497 e. The Balaban J connectivity index is 1.84. The molecule has 0 bridgehead atoms. The highest BCUT2D eigenvalue weighted by atomic mass is 16.5. The molecule has 1 aliphatic heterocycles. The van der Waals surface area contributed by atoms with E-state index in [1.54, 1.807) is 31.4 Å². The van der Waals surface area contributed by atoms with Crippen LogP contribution in [-0.4, -0.2) is 42.6 Å². The fourth-order valence-corrected chi connectivity index (χ4v) is 3.38. The van der Waals surface area contributed by atoms with Crippen LogP contribution < -0.4 is 10.1 Å². The lowest BCUT2D eigenvalue weighted by Gasteiger charge is -2.31. The second-order valence-corrected chi connectivity index (χ2v) is 6.83. The standard InChI is InChI=1S/C23H24N2O4/c1-25-14-6-5-9-21(25)19-15-17(29-2)12-10-16(19)11-13-22(26)24-20-8-4-3-7-18(20)23(27)28/h3-8,10-13,15,21H,9,14H2,1-2H3,(H,24,26)(H,27,28)/b13-11+. The van der Waals surface area contributed by atoms with E-state index in [0.717, 1.165) is 29.8 Å². The molecule has 1 aliphatic rings. The Morgan fingerprint density at radius 1 is 1.21 bits per heavy atom. The number of carboxylic acid groups (broad SMARTS) is 1. The van der Waals surface area contributed by atoms with Crippen molar-refractivity contribution in [1.82, 2.24) is 4.90 Å². The number of anilines is 1. The Morgan fingerprint density at radius 2 is 2.00 bits per heavy atom. The average molecular weight is 392 g/mol. The number of nitrogens with one attached hydrogen (secondary N) is 1. The zero-order valence-electron chi connectivity index (χ0n) is 16.5. The summed E-state index contributed by atoms with van der Waals surface area (Å²) in [5.41, 5.74) is 2.31. The first-order chi connectivity index (χ1) is 14.0. The molecule has 0 radical (unpaired) electrons. The van der Waals surface area contributed by atoms with Gasteiger partial charge in [0, 0.05) is 18.7 Å². The second-order valence-electron chi connectivity index (χ2n) is 6.83. The average Bonchev–Trinajstić information content (AvgIpc) is 2.73. The van der Waals surface area contributed by atoms with E-state index in [1.807, 2.05) is 18.2 Å². The van der Waals surface area contributed by atoms with Gasteiger partial charge < -0.3 is 15.2 Å². The normalized spacial score (nSPS) is 16.7. The summed E-state index contributed by atoms with van der Waals surface area (Å²) in [5, 5.41) is 11.9. The third kappa shape index (κ3) is 4.92. The van der Waals surface area contributed by atoms with Crippen LogP contribution in [0, 0.1) is 0 Å². The van der Waals surface area contributed by atoms with E-state index < -0.39 is 11.9 Å². The smallest absolute Gasteiger partial charge is 0.337 e. The molecule has 0 aliphatic carbocycles. The van der Waals surface area contributed by atoms with E-state index in [9.17, 15) is 14.7 Å². The van der Waals surface area contributed by atoms with Crippen LogP contribution >= 0.6 is 0 Å². The van der Waals surface area contributed by atoms with Gasteiger partial charge in [0.25, 0.3) is 0 Å². The minimum absolute atomic E-state index is 0.0509. The number of hydrogen-bond acceptors (Lipinski definition) is 4. The van der Waals surface area contributed by atoms with E-state index in [-0.39, 0.29) is 17.3 Å². The number of ether oxygens (including phenoxy) is 1. The van der Waals surface area contributed by atoms with E-state index in [1.165, 1.54) is 12.1 Å². The third-order valence-electron chi connectivity index (χ3n) is 4.93. The number of nitrogens with zero attached hydrogens (tertiary/aromatic N) is 1. The van der Waals surface area contributed by atoms with Gasteiger partial charge in [-0.25, -0.2) is 4.79 Å². The zero-order valence-corrected chi connectivity index (χ0v) is 16.5. The summed E-state index contributed by atoms with van der Waals surface area (Å²) in [5.74, 6) is -0.715. The molecular formula is C23H24N2O4. The molecule has 0 saturated heterocycles. The molecule has 2 N–H and O–H groups in total. The van der Waals surface area contributed by atoms with Crippen molar-refractivity contribution in [2.75, 3.05) is 26.0 Å². The maximum atomic E-state index is 12.4. The summed E-state index contributed by atoms with van der Waals surface area (Å²) in [4.78, 5) is 25.9. The van der Waals surface area contributed by atoms with Crippen molar-refractivity contribution in [3.8, 4) is 5.75 Å². The van der Waals surface area contributed by atoms with Crippen molar-refractivity contribution in [1.29, 1.82) is 0 Å². The highest BCUT2D eigenvalue weighted by Gasteiger charge is 2.20. The number of carbonyl (C=O) groups excluding carboxylic acids is 1. The summed E-state index contributed by atoms with van der Waals surface area (Å²) in [6.45, 7) is 0.859. The summed E-state index contributed by atoms with van der Waals surface area (Å²) in [6.07, 6.45) is 8.34. The quantitative estimate of drug-likeness (QED) is 0.574. The maximum absolute atomic E-state index is 12.4. The lowest BCUT2D eigenvalue weighted by atomic mass is 9.94. The van der Waals surface area contributed by atoms with Gasteiger partial charge >= 0.3 is 5.97 Å². The fraction of sp³-hybridized carbons (Fsp3) is 0.217. The van der Waals surface area contributed by atoms with Crippen molar-refractivity contribution in [3.63, 3.8) is 0 Å². The third-order valence-corrected chi connectivity index (χ3v) is 4.93. The number of carbonyl (C=O) groups is 2. The maximum Gasteiger partial charge on any atom is 0.337 e. The van der Waals surface area contributed by atoms with Gasteiger partial charge in [-0.1, -0.05) is 30.4 Å². The topological polar surface area (TPSA) is 78.9 Å². The number of para-hydroxylation sites is 1. The molecule has 1 atom stereocenters. The van der Waals surface area contributed by atoms with Gasteiger partial charge in [0.1, 0.15) is 5.75 Å². The Bertz CT molecular complexity index is 965. The van der Waals surface area contributed by atoms with Crippen molar-refractivity contribution in [2.24, 2.45) is 0 Å². The lowest BCUT2D eigenvalue weighted by molar-refractivity contribution is -0.111. The van der Waals surface area contributed by atoms with E-state index in [0.29, 0.717) is 0 Å². The van der Waals surface area contributed by atoms with E-state index in [4.69, 9.17) is 4.74 Å². The number of hydrogen-bond donors (Lipinski definition) is 2. The molecule has 6 nitrogen and oxygen atoms in total. The summed E-state index contributed by atoms with van der Waals surface area (Å²) in [7, 11) is 3.70. The van der Waals surface area contributed by atoms with Crippen LogP contribution in [-0.2, 0) is 4.79 Å². The number of rotatable bonds is 6. The van der Waals surface area contributed by atoms with E-state index in [2.05, 4.69) is 29.4 Å². The number of likely N-dealkylation sites (N-methyl/N-ethyl adjacent to an activating group) is 1. The zero-order chi connectivity index (χ0) is 20.8. The highest BCUT2D eigenvalue weighted by Crippen LogP contribution is 2.32. The molecule has 1 unspecified atom stereocenters. The van der Waals surface area contributed by atoms with Gasteiger partial charge in [0.05, 0.1) is 18.4 Å². The molecule has 3 rings (SSSR count). The van der Waals surface area contributed by atoms with Crippen LogP contribution in [0.4, 0.5) is 5.69 Å². The first-order valence-electron chi connectivity index (χ1n) is 9.34.